The van der Waals surface area contributed by atoms with Gasteiger partial charge in [-0.25, -0.2) is 0 Å². The van der Waals surface area contributed by atoms with Crippen LogP contribution in [0.5, 0.6) is 0 Å². The summed E-state index contributed by atoms with van der Waals surface area (Å²) in [6.07, 6.45) is 7.14. The molecule has 1 aliphatic rings. The van der Waals surface area contributed by atoms with Gasteiger partial charge in [0.2, 0.25) is 0 Å². The lowest BCUT2D eigenvalue weighted by Crippen LogP contribution is -2.33. The van der Waals surface area contributed by atoms with E-state index in [4.69, 9.17) is 0 Å². The molecule has 0 radical (unpaired) electrons. The molecular formula is C12H25N. The fourth-order valence-corrected chi connectivity index (χ4v) is 2.22. The maximum atomic E-state index is 3.66. The van der Waals surface area contributed by atoms with Crippen molar-refractivity contribution >= 4 is 0 Å². The van der Waals surface area contributed by atoms with Crippen LogP contribution in [0.25, 0.3) is 0 Å². The fourth-order valence-electron chi connectivity index (χ4n) is 2.22. The highest BCUT2D eigenvalue weighted by molar-refractivity contribution is 4.77. The summed E-state index contributed by atoms with van der Waals surface area (Å²) in [5, 5.41) is 3.66. The Morgan fingerprint density at radius 2 is 1.77 bits per heavy atom. The average Bonchev–Trinajstić information content (AvgIpc) is 2.55. The van der Waals surface area contributed by atoms with Crippen molar-refractivity contribution in [2.45, 2.75) is 58.9 Å². The molecule has 1 saturated carbocycles. The van der Waals surface area contributed by atoms with Crippen LogP contribution in [0, 0.1) is 11.8 Å². The predicted octanol–water partition coefficient (Wildman–Crippen LogP) is 3.20. The number of rotatable bonds is 5. The maximum absolute atomic E-state index is 3.66. The van der Waals surface area contributed by atoms with Gasteiger partial charge in [0.1, 0.15) is 0 Å². The summed E-state index contributed by atoms with van der Waals surface area (Å²) >= 11 is 0. The van der Waals surface area contributed by atoms with Crippen molar-refractivity contribution in [1.82, 2.24) is 5.32 Å². The van der Waals surface area contributed by atoms with Crippen LogP contribution in [-0.2, 0) is 0 Å². The monoisotopic (exact) mass is 183 g/mol. The van der Waals surface area contributed by atoms with E-state index in [1.54, 1.807) is 0 Å². The van der Waals surface area contributed by atoms with Gasteiger partial charge in [0.25, 0.3) is 0 Å². The smallest absolute Gasteiger partial charge is 0.00669 e. The lowest BCUT2D eigenvalue weighted by Gasteiger charge is -2.20. The zero-order valence-corrected chi connectivity index (χ0v) is 9.47. The molecule has 0 aliphatic heterocycles. The summed E-state index contributed by atoms with van der Waals surface area (Å²) in [6.45, 7) is 8.15. The van der Waals surface area contributed by atoms with E-state index >= 15 is 0 Å². The molecule has 13 heavy (non-hydrogen) atoms. The molecule has 78 valence electrons. The van der Waals surface area contributed by atoms with Gasteiger partial charge in [-0.1, -0.05) is 26.7 Å². The van der Waals surface area contributed by atoms with Crippen molar-refractivity contribution in [2.24, 2.45) is 11.8 Å². The number of hydrogen-bond donors (Lipinski definition) is 1. The Kier molecular flexibility index (Phi) is 4.79. The highest BCUT2D eigenvalue weighted by Crippen LogP contribution is 2.27. The van der Waals surface area contributed by atoms with Crippen LogP contribution in [0.1, 0.15) is 52.9 Å². The van der Waals surface area contributed by atoms with Crippen LogP contribution < -0.4 is 5.32 Å². The summed E-state index contributed by atoms with van der Waals surface area (Å²) < 4.78 is 0. The molecule has 1 aliphatic carbocycles. The highest BCUT2D eigenvalue weighted by atomic mass is 14.9. The standard InChI is InChI=1S/C12H25N/c1-10(2)8-9-13-11(3)12-6-4-5-7-12/h10-13H,4-9H2,1-3H3/t11-/m1/s1. The van der Waals surface area contributed by atoms with Crippen LogP contribution in [-0.4, -0.2) is 12.6 Å². The van der Waals surface area contributed by atoms with E-state index in [1.165, 1.54) is 38.6 Å². The van der Waals surface area contributed by atoms with Crippen LogP contribution in [0.3, 0.4) is 0 Å². The van der Waals surface area contributed by atoms with Crippen LogP contribution in [0.4, 0.5) is 0 Å². The normalized spacial score (nSPS) is 21.2. The first kappa shape index (κ1) is 11.0. The molecule has 1 heteroatoms. The van der Waals surface area contributed by atoms with E-state index in [-0.39, 0.29) is 0 Å². The largest absolute Gasteiger partial charge is 0.314 e. The van der Waals surface area contributed by atoms with E-state index in [0.717, 1.165) is 17.9 Å². The molecule has 0 unspecified atom stereocenters. The molecule has 0 amide bonds. The Hall–Kier alpha value is -0.0400. The topological polar surface area (TPSA) is 12.0 Å². The van der Waals surface area contributed by atoms with Crippen LogP contribution in [0.15, 0.2) is 0 Å². The second-order valence-electron chi connectivity index (χ2n) is 4.97. The molecule has 0 heterocycles. The molecule has 0 aromatic heterocycles. The van der Waals surface area contributed by atoms with E-state index in [9.17, 15) is 0 Å². The van der Waals surface area contributed by atoms with Crippen molar-refractivity contribution < 1.29 is 0 Å². The van der Waals surface area contributed by atoms with Crippen molar-refractivity contribution in [1.29, 1.82) is 0 Å². The van der Waals surface area contributed by atoms with Gasteiger partial charge in [0, 0.05) is 6.04 Å². The molecule has 0 saturated heterocycles. The third-order valence-corrected chi connectivity index (χ3v) is 3.29. The first-order valence-corrected chi connectivity index (χ1v) is 5.93. The third-order valence-electron chi connectivity index (χ3n) is 3.29. The minimum atomic E-state index is 0.751. The summed E-state index contributed by atoms with van der Waals surface area (Å²) in [4.78, 5) is 0. The Labute approximate surface area is 83.3 Å². The second-order valence-corrected chi connectivity index (χ2v) is 4.97. The zero-order chi connectivity index (χ0) is 9.68. The molecular weight excluding hydrogens is 158 g/mol. The molecule has 1 atom stereocenters. The van der Waals surface area contributed by atoms with Crippen molar-refractivity contribution in [3.05, 3.63) is 0 Å². The summed E-state index contributed by atoms with van der Waals surface area (Å²) in [5.41, 5.74) is 0. The van der Waals surface area contributed by atoms with Gasteiger partial charge in [-0.15, -0.1) is 0 Å². The zero-order valence-electron chi connectivity index (χ0n) is 9.47. The lowest BCUT2D eigenvalue weighted by molar-refractivity contribution is 0.370. The van der Waals surface area contributed by atoms with Crippen LogP contribution >= 0.6 is 0 Å². The highest BCUT2D eigenvalue weighted by Gasteiger charge is 2.20. The van der Waals surface area contributed by atoms with Gasteiger partial charge in [-0.3, -0.25) is 0 Å². The van der Waals surface area contributed by atoms with Gasteiger partial charge >= 0.3 is 0 Å². The Balaban J connectivity index is 2.06. The minimum absolute atomic E-state index is 0.751. The number of nitrogens with one attached hydrogen (secondary N) is 1. The van der Waals surface area contributed by atoms with Gasteiger partial charge in [0.05, 0.1) is 0 Å². The molecule has 1 fully saturated rings. The van der Waals surface area contributed by atoms with E-state index in [2.05, 4.69) is 26.1 Å². The molecule has 1 nitrogen and oxygen atoms in total. The Bertz CT molecular complexity index is 125. The Morgan fingerprint density at radius 3 is 2.31 bits per heavy atom. The summed E-state index contributed by atoms with van der Waals surface area (Å²) in [6, 6.07) is 0.751. The first-order valence-electron chi connectivity index (χ1n) is 5.93. The summed E-state index contributed by atoms with van der Waals surface area (Å²) in [5.74, 6) is 1.80. The fraction of sp³-hybridized carbons (Fsp3) is 1.00. The molecule has 0 aromatic carbocycles. The molecule has 0 bridgehead atoms. The SMILES string of the molecule is CC(C)CCN[C@H](C)C1CCCC1. The predicted molar refractivity (Wildman–Crippen MR) is 58.9 cm³/mol. The third kappa shape index (κ3) is 4.12. The minimum Gasteiger partial charge on any atom is -0.314 e. The first-order chi connectivity index (χ1) is 6.20. The molecule has 0 spiro atoms. The van der Waals surface area contributed by atoms with Crippen LogP contribution in [0.2, 0.25) is 0 Å². The van der Waals surface area contributed by atoms with E-state index in [0.29, 0.717) is 0 Å². The van der Waals surface area contributed by atoms with Gasteiger partial charge in [-0.2, -0.15) is 0 Å². The van der Waals surface area contributed by atoms with E-state index in [1.807, 2.05) is 0 Å². The van der Waals surface area contributed by atoms with Crippen molar-refractivity contribution in [2.75, 3.05) is 6.54 Å². The quantitative estimate of drug-likeness (QED) is 0.690. The Morgan fingerprint density at radius 1 is 1.15 bits per heavy atom. The molecule has 1 N–H and O–H groups in total. The lowest BCUT2D eigenvalue weighted by atomic mass is 9.99. The molecule has 0 aromatic rings. The van der Waals surface area contributed by atoms with Crippen molar-refractivity contribution in [3.8, 4) is 0 Å². The van der Waals surface area contributed by atoms with Crippen molar-refractivity contribution in [3.63, 3.8) is 0 Å². The van der Waals surface area contributed by atoms with Gasteiger partial charge in [0.15, 0.2) is 0 Å². The molecule has 1 rings (SSSR count). The average molecular weight is 183 g/mol. The van der Waals surface area contributed by atoms with Gasteiger partial charge in [-0.05, 0) is 44.6 Å². The van der Waals surface area contributed by atoms with E-state index < -0.39 is 0 Å². The maximum Gasteiger partial charge on any atom is 0.00669 e. The summed E-state index contributed by atoms with van der Waals surface area (Å²) in [7, 11) is 0. The number of hydrogen-bond acceptors (Lipinski definition) is 1. The second kappa shape index (κ2) is 5.64. The van der Waals surface area contributed by atoms with Gasteiger partial charge < -0.3 is 5.32 Å².